The summed E-state index contributed by atoms with van der Waals surface area (Å²) in [5.74, 6) is 25.0. The van der Waals surface area contributed by atoms with Gasteiger partial charge in [-0.25, -0.2) is 0 Å². The van der Waals surface area contributed by atoms with E-state index in [9.17, 15) is 0 Å². The van der Waals surface area contributed by atoms with E-state index in [-0.39, 0.29) is 0 Å². The second-order valence-corrected chi connectivity index (χ2v) is 16.9. The van der Waals surface area contributed by atoms with E-state index < -0.39 is 0 Å². The lowest BCUT2D eigenvalue weighted by Gasteiger charge is -3.08. The molecule has 0 aliphatic heterocycles. The van der Waals surface area contributed by atoms with Gasteiger partial charge in [-0.3, -0.25) is 0 Å². The fraction of sp³-hybridized carbons (Fsp3) is 1.00. The van der Waals surface area contributed by atoms with Crippen molar-refractivity contribution in [3.63, 3.8) is 0 Å². The third-order valence-corrected chi connectivity index (χ3v) is 16.8. The Morgan fingerprint density at radius 3 is 0.789 bits per heavy atom. The first-order valence-electron chi connectivity index (χ1n) is 18.1. The molecular formula is C38H66. The Bertz CT molecular complexity index is 700. The second kappa shape index (κ2) is 9.25. The summed E-state index contributed by atoms with van der Waals surface area (Å²) >= 11 is 0. The molecular weight excluding hydrogens is 456 g/mol. The van der Waals surface area contributed by atoms with Crippen LogP contribution in [0.3, 0.4) is 0 Å². The van der Waals surface area contributed by atoms with E-state index in [1.165, 1.54) is 108 Å². The molecule has 0 heteroatoms. The van der Waals surface area contributed by atoms with Crippen LogP contribution in [0.4, 0.5) is 0 Å². The molecule has 0 aromatic heterocycles. The summed E-state index contributed by atoms with van der Waals surface area (Å²) in [6.45, 7) is 29.5. The van der Waals surface area contributed by atoms with Gasteiger partial charge in [-0.1, -0.05) is 103 Å². The summed E-state index contributed by atoms with van der Waals surface area (Å²) in [7, 11) is 0. The molecule has 218 valence electrons. The van der Waals surface area contributed by atoms with Crippen LogP contribution in [0.2, 0.25) is 0 Å². The normalized spacial score (nSPS) is 56.8. The van der Waals surface area contributed by atoms with Gasteiger partial charge < -0.3 is 0 Å². The molecule has 0 N–H and O–H groups in total. The molecule has 0 aromatic rings. The van der Waals surface area contributed by atoms with Gasteiger partial charge in [0.2, 0.25) is 0 Å². The van der Waals surface area contributed by atoms with Crippen LogP contribution in [0.15, 0.2) is 0 Å². The molecule has 12 saturated carbocycles. The molecule has 4 unspecified atom stereocenters. The Kier molecular flexibility index (Phi) is 6.85. The second-order valence-electron chi connectivity index (χ2n) is 16.9. The van der Waals surface area contributed by atoms with Crippen molar-refractivity contribution in [1.82, 2.24) is 0 Å². The van der Waals surface area contributed by atoms with Gasteiger partial charge in [0.1, 0.15) is 0 Å². The molecule has 0 aromatic carbocycles. The van der Waals surface area contributed by atoms with Crippen molar-refractivity contribution in [2.75, 3.05) is 0 Å². The predicted octanol–water partition coefficient (Wildman–Crippen LogP) is 10.4. The summed E-state index contributed by atoms with van der Waals surface area (Å²) < 4.78 is 0. The molecule has 4 atom stereocenters. The molecule has 12 fully saturated rings. The van der Waals surface area contributed by atoms with Crippen molar-refractivity contribution in [1.29, 1.82) is 0 Å². The molecule has 12 aliphatic carbocycles. The first-order valence-corrected chi connectivity index (χ1v) is 18.1. The van der Waals surface area contributed by atoms with Gasteiger partial charge in [0.15, 0.2) is 0 Å². The van der Waals surface area contributed by atoms with Crippen molar-refractivity contribution in [2.24, 2.45) is 130 Å². The van der Waals surface area contributed by atoms with E-state index in [1.807, 2.05) is 13.8 Å². The minimum absolute atomic E-state index is 0.847. The first kappa shape index (κ1) is 28.1. The average molecular weight is 523 g/mol. The van der Waals surface area contributed by atoms with E-state index in [1.54, 1.807) is 0 Å². The topological polar surface area (TPSA) is 0 Å². The molecule has 0 bridgehead atoms. The van der Waals surface area contributed by atoms with Crippen molar-refractivity contribution in [2.45, 2.75) is 109 Å². The van der Waals surface area contributed by atoms with Gasteiger partial charge in [-0.2, -0.15) is 0 Å². The largest absolute Gasteiger partial charge is 0.0683 e. The first-order chi connectivity index (χ1) is 18.1. The highest BCUT2D eigenvalue weighted by Crippen LogP contribution is 3.06. The smallest absolute Gasteiger partial charge is 0.0198 e. The Morgan fingerprint density at radius 1 is 0.421 bits per heavy atom. The van der Waals surface area contributed by atoms with Crippen molar-refractivity contribution in [3.05, 3.63) is 0 Å². The van der Waals surface area contributed by atoms with Gasteiger partial charge in [-0.05, 0) is 136 Å². The van der Waals surface area contributed by atoms with Crippen LogP contribution in [-0.2, 0) is 0 Å². The van der Waals surface area contributed by atoms with Crippen LogP contribution < -0.4 is 0 Å². The van der Waals surface area contributed by atoms with Gasteiger partial charge in [0, 0.05) is 0 Å². The lowest BCUT2D eigenvalue weighted by atomic mass is 8.96. The highest BCUT2D eigenvalue weighted by Gasteiger charge is 3.03. The van der Waals surface area contributed by atoms with Crippen LogP contribution in [0.5, 0.6) is 0 Å². The lowest BCUT2D eigenvalue weighted by Crippen LogP contribution is -3.05. The van der Waals surface area contributed by atoms with Crippen molar-refractivity contribution in [3.8, 4) is 0 Å². The standard InChI is InChI=1S/C10H12.2C9H20.C8H8.C2H6/c1-2-10-7-4-3-5(7)9(10)6(3)8(4)10;2*1-6-8(4)9(5)7(2)3;1-2-5-3(1)7-4(1)6(2)8(5)7;1-2/h3-9H,2H2,1H3;2*7-9H,6H2,1-5H3;1-8H;1-2H3. The molecule has 12 aliphatic rings. The summed E-state index contributed by atoms with van der Waals surface area (Å²) in [6, 6.07) is 0. The molecule has 38 heavy (non-hydrogen) atoms. The number of hydrogen-bond donors (Lipinski definition) is 0. The van der Waals surface area contributed by atoms with Crippen LogP contribution >= 0.6 is 0 Å². The highest BCUT2D eigenvalue weighted by atomic mass is 15.1. The van der Waals surface area contributed by atoms with E-state index in [0.717, 1.165) is 40.9 Å². The van der Waals surface area contributed by atoms with Crippen LogP contribution in [-0.4, -0.2) is 0 Å². The third kappa shape index (κ3) is 2.82. The maximum Gasteiger partial charge on any atom is -0.0198 e. The molecule has 0 radical (unpaired) electrons. The zero-order valence-electron chi connectivity index (χ0n) is 27.7. The molecule has 0 heterocycles. The maximum atomic E-state index is 2.43. The lowest BCUT2D eigenvalue weighted by molar-refractivity contribution is -0.615. The van der Waals surface area contributed by atoms with Gasteiger partial charge >= 0.3 is 0 Å². The van der Waals surface area contributed by atoms with Crippen LogP contribution in [0, 0.1) is 130 Å². The number of hydrogen-bond acceptors (Lipinski definition) is 0. The van der Waals surface area contributed by atoms with Gasteiger partial charge in [0.25, 0.3) is 0 Å². The molecule has 0 spiro atoms. The van der Waals surface area contributed by atoms with Gasteiger partial charge in [-0.15, -0.1) is 0 Å². The van der Waals surface area contributed by atoms with E-state index in [0.29, 0.717) is 0 Å². The minimum Gasteiger partial charge on any atom is -0.0683 e. The fourth-order valence-electron chi connectivity index (χ4n) is 13.7. The van der Waals surface area contributed by atoms with Crippen molar-refractivity contribution < 1.29 is 0 Å². The zero-order valence-corrected chi connectivity index (χ0v) is 27.7. The highest BCUT2D eigenvalue weighted by molar-refractivity contribution is 5.49. The molecule has 0 nitrogen and oxygen atoms in total. The van der Waals surface area contributed by atoms with Crippen molar-refractivity contribution >= 4 is 0 Å². The van der Waals surface area contributed by atoms with Gasteiger partial charge in [0.05, 0.1) is 0 Å². The summed E-state index contributed by atoms with van der Waals surface area (Å²) in [5, 5.41) is 0. The maximum absolute atomic E-state index is 2.43. The number of rotatable bonds is 7. The SMILES string of the molecule is C12C3C4C1C1C2C3C41.CC.CCC(C)C(C)C(C)C.CCC(C)C(C)C(C)C.CCC12C3C4C5C3C1C5C42. The van der Waals surface area contributed by atoms with E-state index >= 15 is 0 Å². The van der Waals surface area contributed by atoms with Crippen LogP contribution in [0.25, 0.3) is 0 Å². The Balaban J connectivity index is 0.0000000909. The monoisotopic (exact) mass is 523 g/mol. The Hall–Kier alpha value is 0. The third-order valence-electron chi connectivity index (χ3n) is 16.8. The Labute approximate surface area is 238 Å². The zero-order chi connectivity index (χ0) is 27.7. The summed E-state index contributed by atoms with van der Waals surface area (Å²) in [5.41, 5.74) is 1.01. The quantitative estimate of drug-likeness (QED) is 0.312. The predicted molar refractivity (Wildman–Crippen MR) is 163 cm³/mol. The minimum atomic E-state index is 0.847. The van der Waals surface area contributed by atoms with E-state index in [4.69, 9.17) is 0 Å². The average Bonchev–Trinajstić information content (AvgIpc) is 2.97. The molecule has 0 amide bonds. The molecule has 0 saturated heterocycles. The van der Waals surface area contributed by atoms with E-state index in [2.05, 4.69) is 76.2 Å². The van der Waals surface area contributed by atoms with Crippen LogP contribution in [0.1, 0.15) is 109 Å². The molecule has 12 rings (SSSR count). The fourth-order valence-corrected chi connectivity index (χ4v) is 13.7. The summed E-state index contributed by atoms with van der Waals surface area (Å²) in [6.07, 6.45) is 4.17. The summed E-state index contributed by atoms with van der Waals surface area (Å²) in [4.78, 5) is 0. The Morgan fingerprint density at radius 2 is 0.658 bits per heavy atom.